The van der Waals surface area contributed by atoms with Crippen molar-refractivity contribution in [2.75, 3.05) is 6.61 Å². The molecule has 1 saturated heterocycles. The molecule has 1 N–H and O–H groups in total. The number of fused-ring (bicyclic) bond motifs is 1. The van der Waals surface area contributed by atoms with Crippen molar-refractivity contribution in [3.8, 4) is 0 Å². The lowest BCUT2D eigenvalue weighted by atomic mass is 10.1. The molecule has 0 spiro atoms. The second-order valence-corrected chi connectivity index (χ2v) is 5.93. The van der Waals surface area contributed by atoms with Gasteiger partial charge in [-0.25, -0.2) is 0 Å². The fourth-order valence-electron chi connectivity index (χ4n) is 3.01. The topological polar surface area (TPSA) is 47.8 Å². The van der Waals surface area contributed by atoms with Crippen molar-refractivity contribution in [2.45, 2.75) is 51.7 Å². The van der Waals surface area contributed by atoms with E-state index in [0.29, 0.717) is 0 Å². The fourth-order valence-corrected chi connectivity index (χ4v) is 3.28. The summed E-state index contributed by atoms with van der Waals surface area (Å²) in [7, 11) is 1.99. The third-order valence-corrected chi connectivity index (χ3v) is 4.29. The molecular weight excluding hydrogens is 272 g/mol. The van der Waals surface area contributed by atoms with Gasteiger partial charge in [0.1, 0.15) is 5.52 Å². The van der Waals surface area contributed by atoms with Crippen LogP contribution in [-0.2, 0) is 24.8 Å². The molecule has 110 valence electrons. The molecule has 3 rings (SSSR count). The van der Waals surface area contributed by atoms with E-state index in [4.69, 9.17) is 17.0 Å². The van der Waals surface area contributed by atoms with Crippen LogP contribution in [0.5, 0.6) is 0 Å². The van der Waals surface area contributed by atoms with Gasteiger partial charge in [-0.2, -0.15) is 5.10 Å². The summed E-state index contributed by atoms with van der Waals surface area (Å²) in [6.45, 7) is 3.87. The number of nitrogens with one attached hydrogen (secondary N) is 1. The third kappa shape index (κ3) is 2.42. The molecule has 1 aliphatic heterocycles. The second kappa shape index (κ2) is 5.69. The number of aromatic nitrogens is 4. The summed E-state index contributed by atoms with van der Waals surface area (Å²) in [5.41, 5.74) is 3.29. The van der Waals surface area contributed by atoms with Gasteiger partial charge in [-0.15, -0.1) is 0 Å². The van der Waals surface area contributed by atoms with Gasteiger partial charge in [-0.1, -0.05) is 13.3 Å². The molecule has 1 unspecified atom stereocenters. The Morgan fingerprint density at radius 1 is 1.45 bits per heavy atom. The monoisotopic (exact) mass is 294 g/mol. The zero-order valence-corrected chi connectivity index (χ0v) is 13.0. The quantitative estimate of drug-likeness (QED) is 0.882. The molecular formula is C14H22N4OS. The zero-order chi connectivity index (χ0) is 14.1. The number of hydrogen-bond acceptors (Lipinski definition) is 3. The van der Waals surface area contributed by atoms with Crippen molar-refractivity contribution in [3.63, 3.8) is 0 Å². The van der Waals surface area contributed by atoms with Crippen LogP contribution in [0.4, 0.5) is 0 Å². The third-order valence-electron chi connectivity index (χ3n) is 3.97. The van der Waals surface area contributed by atoms with Crippen LogP contribution in [-0.4, -0.2) is 32.0 Å². The predicted molar refractivity (Wildman–Crippen MR) is 81.5 cm³/mol. The molecule has 0 aromatic carbocycles. The first-order valence-electron chi connectivity index (χ1n) is 7.46. The van der Waals surface area contributed by atoms with E-state index in [9.17, 15) is 0 Å². The summed E-state index contributed by atoms with van der Waals surface area (Å²) < 4.78 is 10.7. The summed E-state index contributed by atoms with van der Waals surface area (Å²) in [5, 5.41) is 4.61. The Kier molecular flexibility index (Phi) is 3.94. The van der Waals surface area contributed by atoms with Crippen molar-refractivity contribution in [1.82, 2.24) is 19.3 Å². The van der Waals surface area contributed by atoms with E-state index in [1.54, 1.807) is 0 Å². The van der Waals surface area contributed by atoms with Gasteiger partial charge in [-0.05, 0) is 37.9 Å². The molecule has 20 heavy (non-hydrogen) atoms. The van der Waals surface area contributed by atoms with E-state index >= 15 is 0 Å². The van der Waals surface area contributed by atoms with Crippen LogP contribution in [0.3, 0.4) is 0 Å². The number of rotatable bonds is 4. The summed E-state index contributed by atoms with van der Waals surface area (Å²) in [6.07, 6.45) is 5.89. The minimum Gasteiger partial charge on any atom is -0.376 e. The molecule has 2 aromatic heterocycles. The van der Waals surface area contributed by atoms with E-state index in [1.165, 1.54) is 12.8 Å². The van der Waals surface area contributed by atoms with Gasteiger partial charge < -0.3 is 9.72 Å². The highest BCUT2D eigenvalue weighted by Gasteiger charge is 2.19. The summed E-state index contributed by atoms with van der Waals surface area (Å²) >= 11 is 5.49. The Morgan fingerprint density at radius 3 is 3.00 bits per heavy atom. The molecule has 0 aliphatic carbocycles. The van der Waals surface area contributed by atoms with Gasteiger partial charge in [0.25, 0.3) is 0 Å². The van der Waals surface area contributed by atoms with Crippen LogP contribution in [0.2, 0.25) is 0 Å². The van der Waals surface area contributed by atoms with Crippen LogP contribution in [0.15, 0.2) is 0 Å². The highest BCUT2D eigenvalue weighted by atomic mass is 32.1. The molecule has 1 atom stereocenters. The van der Waals surface area contributed by atoms with Gasteiger partial charge in [0, 0.05) is 13.7 Å². The normalized spacial score (nSPS) is 19.8. The Hall–Kier alpha value is -1.14. The molecule has 0 bridgehead atoms. The fraction of sp³-hybridized carbons (Fsp3) is 0.714. The summed E-state index contributed by atoms with van der Waals surface area (Å²) in [6, 6.07) is 0. The van der Waals surface area contributed by atoms with E-state index in [0.717, 1.165) is 54.0 Å². The van der Waals surface area contributed by atoms with E-state index < -0.39 is 0 Å². The highest BCUT2D eigenvalue weighted by molar-refractivity contribution is 7.71. The number of nitrogens with zero attached hydrogens (tertiary/aromatic N) is 3. The number of ether oxygens (including phenoxy) is 1. The predicted octanol–water partition coefficient (Wildman–Crippen LogP) is 2.95. The summed E-state index contributed by atoms with van der Waals surface area (Å²) in [5.74, 6) is 0. The number of aryl methyl sites for hydroxylation is 2. The highest BCUT2D eigenvalue weighted by Crippen LogP contribution is 2.22. The van der Waals surface area contributed by atoms with Crippen molar-refractivity contribution < 1.29 is 4.74 Å². The Bertz CT molecular complexity index is 648. The molecule has 2 aromatic rings. The standard InChI is InChI=1S/C14H22N4OS/c1-3-6-11-12-13(17(2)16-11)18(14(20)15-12)9-10-7-4-5-8-19-10/h10H,3-9H2,1-2H3,(H,15,20). The maximum Gasteiger partial charge on any atom is 0.179 e. The molecule has 0 saturated carbocycles. The van der Waals surface area contributed by atoms with Gasteiger partial charge in [0.05, 0.1) is 18.3 Å². The molecule has 3 heterocycles. The van der Waals surface area contributed by atoms with Gasteiger partial charge in [-0.3, -0.25) is 9.25 Å². The number of hydrogen-bond donors (Lipinski definition) is 1. The van der Waals surface area contributed by atoms with Crippen LogP contribution in [0.25, 0.3) is 11.2 Å². The number of imidazole rings is 1. The second-order valence-electron chi connectivity index (χ2n) is 5.55. The molecule has 5 nitrogen and oxygen atoms in total. The largest absolute Gasteiger partial charge is 0.376 e. The Balaban J connectivity index is 1.97. The maximum atomic E-state index is 5.84. The molecule has 0 amide bonds. The first kappa shape index (κ1) is 13.8. The van der Waals surface area contributed by atoms with Crippen LogP contribution in [0.1, 0.15) is 38.3 Å². The lowest BCUT2D eigenvalue weighted by Crippen LogP contribution is -2.24. The average Bonchev–Trinajstić information content (AvgIpc) is 2.91. The zero-order valence-electron chi connectivity index (χ0n) is 12.2. The van der Waals surface area contributed by atoms with E-state index in [-0.39, 0.29) is 6.10 Å². The molecule has 1 aliphatic rings. The molecule has 0 radical (unpaired) electrons. The lowest BCUT2D eigenvalue weighted by molar-refractivity contribution is 0.00625. The SMILES string of the molecule is CCCc1nn(C)c2c1[nH]c(=S)n2CC1CCCCO1. The van der Waals surface area contributed by atoms with Crippen molar-refractivity contribution >= 4 is 23.4 Å². The Labute approximate surface area is 123 Å². The number of aromatic amines is 1. The minimum absolute atomic E-state index is 0.277. The first-order chi connectivity index (χ1) is 9.70. The van der Waals surface area contributed by atoms with Crippen molar-refractivity contribution in [2.24, 2.45) is 7.05 Å². The van der Waals surface area contributed by atoms with Gasteiger partial charge in [0.2, 0.25) is 0 Å². The number of H-pyrrole nitrogens is 1. The van der Waals surface area contributed by atoms with Gasteiger partial charge in [0.15, 0.2) is 10.4 Å². The summed E-state index contributed by atoms with van der Waals surface area (Å²) in [4.78, 5) is 3.33. The van der Waals surface area contributed by atoms with Crippen molar-refractivity contribution in [1.29, 1.82) is 0 Å². The minimum atomic E-state index is 0.277. The smallest absolute Gasteiger partial charge is 0.179 e. The van der Waals surface area contributed by atoms with Crippen LogP contribution in [0, 0.1) is 4.77 Å². The van der Waals surface area contributed by atoms with Gasteiger partial charge >= 0.3 is 0 Å². The van der Waals surface area contributed by atoms with Crippen LogP contribution < -0.4 is 0 Å². The first-order valence-corrected chi connectivity index (χ1v) is 7.87. The molecule has 6 heteroatoms. The van der Waals surface area contributed by atoms with E-state index in [1.807, 2.05) is 11.7 Å². The molecule has 1 fully saturated rings. The van der Waals surface area contributed by atoms with Crippen molar-refractivity contribution in [3.05, 3.63) is 10.5 Å². The lowest BCUT2D eigenvalue weighted by Gasteiger charge is -2.23. The van der Waals surface area contributed by atoms with E-state index in [2.05, 4.69) is 21.6 Å². The Morgan fingerprint density at radius 2 is 2.30 bits per heavy atom. The van der Waals surface area contributed by atoms with Crippen LogP contribution >= 0.6 is 12.2 Å². The maximum absolute atomic E-state index is 5.84. The average molecular weight is 294 g/mol.